The third-order valence-corrected chi connectivity index (χ3v) is 6.46. The molecule has 0 spiro atoms. The van der Waals surface area contributed by atoms with Crippen LogP contribution in [0.2, 0.25) is 0 Å². The number of rotatable bonds is 5. The second-order valence-electron chi connectivity index (χ2n) is 7.26. The first-order valence-corrected chi connectivity index (χ1v) is 10.9. The summed E-state index contributed by atoms with van der Waals surface area (Å²) in [5.41, 5.74) is 3.90. The Bertz CT molecular complexity index is 1050. The van der Waals surface area contributed by atoms with Gasteiger partial charge >= 0.3 is 6.18 Å². The quantitative estimate of drug-likeness (QED) is 0.673. The van der Waals surface area contributed by atoms with Crippen LogP contribution in [0.5, 0.6) is 0 Å². The van der Waals surface area contributed by atoms with E-state index >= 15 is 0 Å². The number of amides is 1. The van der Waals surface area contributed by atoms with Crippen molar-refractivity contribution in [3.63, 3.8) is 0 Å². The number of sulfonamides is 1. The molecular formula is C20H22F3N3O4S. The van der Waals surface area contributed by atoms with E-state index < -0.39 is 27.7 Å². The van der Waals surface area contributed by atoms with E-state index in [1.807, 2.05) is 0 Å². The van der Waals surface area contributed by atoms with E-state index in [0.717, 1.165) is 12.1 Å². The molecular weight excluding hydrogens is 435 g/mol. The van der Waals surface area contributed by atoms with Crippen molar-refractivity contribution < 1.29 is 31.1 Å². The highest BCUT2D eigenvalue weighted by molar-refractivity contribution is 7.89. The molecule has 2 N–H and O–H groups in total. The molecule has 7 nitrogen and oxygen atoms in total. The zero-order chi connectivity index (χ0) is 22.8. The third-order valence-electron chi connectivity index (χ3n) is 4.63. The van der Waals surface area contributed by atoms with Crippen LogP contribution in [0, 0.1) is 0 Å². The van der Waals surface area contributed by atoms with Gasteiger partial charge in [0.25, 0.3) is 5.91 Å². The highest BCUT2D eigenvalue weighted by Crippen LogP contribution is 2.30. The maximum absolute atomic E-state index is 13.0. The molecule has 1 aliphatic heterocycles. The number of hydrogen-bond acceptors (Lipinski definition) is 5. The van der Waals surface area contributed by atoms with Crippen LogP contribution in [-0.2, 0) is 20.9 Å². The summed E-state index contributed by atoms with van der Waals surface area (Å²) in [6.07, 6.45) is -5.04. The highest BCUT2D eigenvalue weighted by Gasteiger charge is 2.33. The van der Waals surface area contributed by atoms with E-state index in [2.05, 4.69) is 10.9 Å². The van der Waals surface area contributed by atoms with Crippen LogP contribution in [0.1, 0.15) is 29.8 Å². The van der Waals surface area contributed by atoms with Gasteiger partial charge in [0.05, 0.1) is 28.4 Å². The molecule has 168 valence electrons. The number of nitrogens with one attached hydrogen (secondary N) is 2. The third kappa shape index (κ3) is 5.54. The fraction of sp³-hybridized carbons (Fsp3) is 0.350. The van der Waals surface area contributed by atoms with Crippen molar-refractivity contribution in [1.29, 1.82) is 0 Å². The van der Waals surface area contributed by atoms with E-state index in [-0.39, 0.29) is 41.4 Å². The lowest BCUT2D eigenvalue weighted by Gasteiger charge is -2.34. The number of carbonyl (C=O) groups excluding carboxylic acids is 1. The summed E-state index contributed by atoms with van der Waals surface area (Å²) in [7, 11) is -3.85. The fourth-order valence-electron chi connectivity index (χ4n) is 3.25. The predicted molar refractivity (Wildman–Crippen MR) is 108 cm³/mol. The molecule has 1 heterocycles. The SMILES string of the molecule is CC1CN(S(=O)(=O)c2cccc(C(=O)NNc3cccc(C(F)(F)F)c3)c2)CC(C)O1. The molecule has 2 unspecified atom stereocenters. The van der Waals surface area contributed by atoms with Crippen LogP contribution < -0.4 is 10.9 Å². The molecule has 0 radical (unpaired) electrons. The Labute approximate surface area is 178 Å². The molecule has 11 heteroatoms. The molecule has 2 atom stereocenters. The molecule has 1 aliphatic rings. The van der Waals surface area contributed by atoms with Crippen LogP contribution >= 0.6 is 0 Å². The minimum atomic E-state index is -4.52. The molecule has 1 fully saturated rings. The first-order chi connectivity index (χ1) is 14.5. The van der Waals surface area contributed by atoms with Crippen molar-refractivity contribution in [2.75, 3.05) is 18.5 Å². The van der Waals surface area contributed by atoms with Gasteiger partial charge in [-0.15, -0.1) is 0 Å². The number of nitrogens with zero attached hydrogens (tertiary/aromatic N) is 1. The first-order valence-electron chi connectivity index (χ1n) is 9.46. The summed E-state index contributed by atoms with van der Waals surface area (Å²) in [5.74, 6) is -0.696. The average Bonchev–Trinajstić information content (AvgIpc) is 2.71. The van der Waals surface area contributed by atoms with Crippen LogP contribution in [-0.4, -0.2) is 43.9 Å². The normalized spacial score (nSPS) is 20.3. The van der Waals surface area contributed by atoms with Gasteiger partial charge in [0, 0.05) is 18.7 Å². The molecule has 0 saturated carbocycles. The minimum Gasteiger partial charge on any atom is -0.373 e. The topological polar surface area (TPSA) is 87.7 Å². The first kappa shape index (κ1) is 23.0. The van der Waals surface area contributed by atoms with Gasteiger partial charge in [-0.1, -0.05) is 12.1 Å². The summed E-state index contributed by atoms with van der Waals surface area (Å²) in [6.45, 7) is 3.95. The van der Waals surface area contributed by atoms with Gasteiger partial charge < -0.3 is 4.74 Å². The number of ether oxygens (including phenoxy) is 1. The predicted octanol–water partition coefficient (Wildman–Crippen LogP) is 3.26. The molecule has 3 rings (SSSR count). The zero-order valence-corrected chi connectivity index (χ0v) is 17.6. The number of hydrazine groups is 1. The Morgan fingerprint density at radius 3 is 2.35 bits per heavy atom. The van der Waals surface area contributed by atoms with Gasteiger partial charge in [0.2, 0.25) is 10.0 Å². The maximum Gasteiger partial charge on any atom is 0.416 e. The smallest absolute Gasteiger partial charge is 0.373 e. The number of morpholine rings is 1. The molecule has 31 heavy (non-hydrogen) atoms. The number of benzene rings is 2. The minimum absolute atomic E-state index is 0.0308. The van der Waals surface area contributed by atoms with E-state index in [4.69, 9.17) is 4.74 Å². The number of hydrogen-bond donors (Lipinski definition) is 2. The lowest BCUT2D eigenvalue weighted by atomic mass is 10.2. The Kier molecular flexibility index (Phi) is 6.58. The van der Waals surface area contributed by atoms with Crippen LogP contribution in [0.4, 0.5) is 18.9 Å². The zero-order valence-electron chi connectivity index (χ0n) is 16.8. The van der Waals surface area contributed by atoms with E-state index in [9.17, 15) is 26.4 Å². The number of alkyl halides is 3. The van der Waals surface area contributed by atoms with Crippen molar-refractivity contribution in [2.24, 2.45) is 0 Å². The van der Waals surface area contributed by atoms with Crippen LogP contribution in [0.25, 0.3) is 0 Å². The maximum atomic E-state index is 13.0. The standard InChI is InChI=1S/C20H22F3N3O4S/c1-13-11-26(12-14(2)30-13)31(28,29)18-8-3-5-15(9-18)19(27)25-24-17-7-4-6-16(10-17)20(21,22)23/h3-10,13-14,24H,11-12H2,1-2H3,(H,25,27). The second-order valence-corrected chi connectivity index (χ2v) is 9.20. The van der Waals surface area contributed by atoms with Gasteiger partial charge in [-0.25, -0.2) is 8.42 Å². The summed E-state index contributed by atoms with van der Waals surface area (Å²) >= 11 is 0. The number of halogens is 3. The Hall–Kier alpha value is -2.63. The molecule has 1 amide bonds. The van der Waals surface area contributed by atoms with Crippen molar-refractivity contribution in [1.82, 2.24) is 9.73 Å². The average molecular weight is 457 g/mol. The van der Waals surface area contributed by atoms with Gasteiger partial charge in [-0.05, 0) is 50.2 Å². The van der Waals surface area contributed by atoms with E-state index in [1.54, 1.807) is 13.8 Å². The number of carbonyl (C=O) groups is 1. The van der Waals surface area contributed by atoms with Crippen LogP contribution in [0.15, 0.2) is 53.4 Å². The summed E-state index contributed by atoms with van der Waals surface area (Å²) in [5, 5.41) is 0. The largest absolute Gasteiger partial charge is 0.416 e. The second kappa shape index (κ2) is 8.85. The molecule has 2 aromatic carbocycles. The molecule has 0 aromatic heterocycles. The molecule has 2 aromatic rings. The van der Waals surface area contributed by atoms with Gasteiger partial charge in [0.1, 0.15) is 0 Å². The van der Waals surface area contributed by atoms with Crippen molar-refractivity contribution >= 4 is 21.6 Å². The summed E-state index contributed by atoms with van der Waals surface area (Å²) in [6, 6.07) is 9.77. The van der Waals surface area contributed by atoms with Crippen molar-refractivity contribution in [2.45, 2.75) is 37.1 Å². The van der Waals surface area contributed by atoms with Gasteiger partial charge in [-0.3, -0.25) is 15.6 Å². The van der Waals surface area contributed by atoms with Crippen LogP contribution in [0.3, 0.4) is 0 Å². The van der Waals surface area contributed by atoms with E-state index in [1.165, 1.54) is 40.7 Å². The highest BCUT2D eigenvalue weighted by atomic mass is 32.2. The lowest BCUT2D eigenvalue weighted by molar-refractivity contribution is -0.137. The van der Waals surface area contributed by atoms with E-state index in [0.29, 0.717) is 0 Å². The van der Waals surface area contributed by atoms with Gasteiger partial charge in [-0.2, -0.15) is 17.5 Å². The Morgan fingerprint density at radius 2 is 1.71 bits per heavy atom. The summed E-state index contributed by atoms with van der Waals surface area (Å²) < 4.78 is 71.3. The monoisotopic (exact) mass is 457 g/mol. The fourth-order valence-corrected chi connectivity index (χ4v) is 4.89. The van der Waals surface area contributed by atoms with Crippen molar-refractivity contribution in [3.05, 3.63) is 59.7 Å². The Morgan fingerprint density at radius 1 is 1.06 bits per heavy atom. The molecule has 0 aliphatic carbocycles. The molecule has 0 bridgehead atoms. The van der Waals surface area contributed by atoms with Gasteiger partial charge in [0.15, 0.2) is 0 Å². The molecule has 1 saturated heterocycles. The Balaban J connectivity index is 1.73. The van der Waals surface area contributed by atoms with Crippen molar-refractivity contribution in [3.8, 4) is 0 Å². The number of anilines is 1. The summed E-state index contributed by atoms with van der Waals surface area (Å²) in [4.78, 5) is 12.4. The lowest BCUT2D eigenvalue weighted by Crippen LogP contribution is -2.48.